The maximum atomic E-state index is 14.0. The van der Waals surface area contributed by atoms with Gasteiger partial charge in [0.2, 0.25) is 0 Å². The Labute approximate surface area is 164 Å². The molecule has 7 atom stereocenters. The van der Waals surface area contributed by atoms with Crippen molar-refractivity contribution in [3.63, 3.8) is 0 Å². The molecule has 1 fully saturated rings. The number of allylic oxidation sites excluding steroid dienone is 2. The number of aliphatic carboxylic acids is 1. The van der Waals surface area contributed by atoms with E-state index in [2.05, 4.69) is 9.47 Å². The van der Waals surface area contributed by atoms with Crippen molar-refractivity contribution >= 4 is 15.4 Å². The van der Waals surface area contributed by atoms with Crippen LogP contribution in [0.2, 0.25) is 0 Å². The number of aliphatic hydroxyl groups is 2. The molecule has 0 amide bonds. The Hall–Kier alpha value is -0.550. The summed E-state index contributed by atoms with van der Waals surface area (Å²) in [5, 5.41) is 29.1. The molecule has 0 aromatic carbocycles. The molecule has 0 heterocycles. The van der Waals surface area contributed by atoms with Gasteiger partial charge in [0.15, 0.2) is 0 Å². The van der Waals surface area contributed by atoms with E-state index < -0.39 is 24.3 Å². The SMILES string of the molecule is CCCCC(F)C(O)CC[C@H]1C(OP)CC(O)C1CC=CCCCC(=O)O. The van der Waals surface area contributed by atoms with Crippen molar-refractivity contribution in [1.82, 2.24) is 0 Å². The molecule has 1 aliphatic rings. The van der Waals surface area contributed by atoms with Gasteiger partial charge >= 0.3 is 5.97 Å². The number of carboxylic acids is 1. The van der Waals surface area contributed by atoms with Crippen molar-refractivity contribution in [2.24, 2.45) is 11.8 Å². The van der Waals surface area contributed by atoms with Gasteiger partial charge in [0.05, 0.1) is 18.3 Å². The van der Waals surface area contributed by atoms with Crippen molar-refractivity contribution in [2.45, 2.75) is 95.6 Å². The highest BCUT2D eigenvalue weighted by molar-refractivity contribution is 7.09. The zero-order valence-corrected chi connectivity index (χ0v) is 17.5. The number of carbonyl (C=O) groups is 1. The lowest BCUT2D eigenvalue weighted by Crippen LogP contribution is -2.27. The monoisotopic (exact) mass is 406 g/mol. The first kappa shape index (κ1) is 24.5. The van der Waals surface area contributed by atoms with E-state index in [1.54, 1.807) is 0 Å². The molecule has 27 heavy (non-hydrogen) atoms. The molecule has 0 aliphatic heterocycles. The van der Waals surface area contributed by atoms with Crippen molar-refractivity contribution < 1.29 is 29.0 Å². The minimum atomic E-state index is -1.20. The van der Waals surface area contributed by atoms with Crippen LogP contribution in [0, 0.1) is 11.8 Å². The van der Waals surface area contributed by atoms with Crippen LogP contribution in [0.1, 0.15) is 71.1 Å². The summed E-state index contributed by atoms with van der Waals surface area (Å²) in [7, 11) is 2.25. The lowest BCUT2D eigenvalue weighted by molar-refractivity contribution is -0.137. The first-order valence-electron chi connectivity index (χ1n) is 10.1. The Bertz CT molecular complexity index is 448. The van der Waals surface area contributed by atoms with Gasteiger partial charge in [0.1, 0.15) is 6.17 Å². The van der Waals surface area contributed by atoms with Crippen LogP contribution >= 0.6 is 9.47 Å². The largest absolute Gasteiger partial charge is 0.481 e. The molecule has 6 unspecified atom stereocenters. The van der Waals surface area contributed by atoms with Gasteiger partial charge in [-0.2, -0.15) is 0 Å². The number of hydrogen-bond donors (Lipinski definition) is 3. The Kier molecular flexibility index (Phi) is 12.3. The molecule has 0 radical (unpaired) electrons. The molecular formula is C20H36FO5P. The third-order valence-corrected chi connectivity index (χ3v) is 5.90. The number of hydrogen-bond acceptors (Lipinski definition) is 4. The van der Waals surface area contributed by atoms with Gasteiger partial charge in [0, 0.05) is 22.3 Å². The van der Waals surface area contributed by atoms with Gasteiger partial charge in [-0.1, -0.05) is 31.9 Å². The van der Waals surface area contributed by atoms with Gasteiger partial charge < -0.3 is 19.8 Å². The molecule has 5 nitrogen and oxygen atoms in total. The number of carboxylic acid groups (broad SMARTS) is 1. The molecule has 0 saturated heterocycles. The number of unbranched alkanes of at least 4 members (excludes halogenated alkanes) is 2. The molecule has 3 N–H and O–H groups in total. The minimum Gasteiger partial charge on any atom is -0.481 e. The van der Waals surface area contributed by atoms with Gasteiger partial charge in [-0.25, -0.2) is 4.39 Å². The van der Waals surface area contributed by atoms with Crippen molar-refractivity contribution in [3.05, 3.63) is 12.2 Å². The molecule has 0 aromatic heterocycles. The van der Waals surface area contributed by atoms with Crippen LogP contribution in [0.4, 0.5) is 4.39 Å². The zero-order chi connectivity index (χ0) is 20.2. The minimum absolute atomic E-state index is 0.00665. The van der Waals surface area contributed by atoms with Gasteiger partial charge in [-0.3, -0.25) is 4.79 Å². The number of alkyl halides is 1. The van der Waals surface area contributed by atoms with Gasteiger partial charge in [0.25, 0.3) is 0 Å². The molecule has 1 saturated carbocycles. The van der Waals surface area contributed by atoms with Crippen LogP contribution < -0.4 is 0 Å². The average Bonchev–Trinajstić information content (AvgIpc) is 2.95. The van der Waals surface area contributed by atoms with E-state index in [1.165, 1.54) is 0 Å². The normalized spacial score (nSPS) is 27.9. The summed E-state index contributed by atoms with van der Waals surface area (Å²) in [6, 6.07) is 0. The first-order valence-corrected chi connectivity index (χ1v) is 10.6. The highest BCUT2D eigenvalue weighted by atomic mass is 31.0. The van der Waals surface area contributed by atoms with Crippen LogP contribution in [0.15, 0.2) is 12.2 Å². The quantitative estimate of drug-likeness (QED) is 0.230. The molecule has 1 rings (SSSR count). The van der Waals surface area contributed by atoms with E-state index in [-0.39, 0.29) is 24.4 Å². The maximum absolute atomic E-state index is 14.0. The molecule has 7 heteroatoms. The molecule has 158 valence electrons. The highest BCUT2D eigenvalue weighted by Crippen LogP contribution is 2.41. The van der Waals surface area contributed by atoms with Crippen LogP contribution in [-0.4, -0.2) is 45.8 Å². The molecule has 0 spiro atoms. The first-order chi connectivity index (χ1) is 12.9. The summed E-state index contributed by atoms with van der Waals surface area (Å²) in [5.41, 5.74) is 0. The predicted octanol–water partition coefficient (Wildman–Crippen LogP) is 4.03. The summed E-state index contributed by atoms with van der Waals surface area (Å²) >= 11 is 0. The lowest BCUT2D eigenvalue weighted by atomic mass is 9.85. The topological polar surface area (TPSA) is 87.0 Å². The highest BCUT2D eigenvalue weighted by Gasteiger charge is 2.42. The molecular weight excluding hydrogens is 370 g/mol. The van der Waals surface area contributed by atoms with E-state index in [0.29, 0.717) is 44.9 Å². The van der Waals surface area contributed by atoms with E-state index >= 15 is 0 Å². The fourth-order valence-corrected chi connectivity index (χ4v) is 4.23. The Balaban J connectivity index is 2.51. The molecule has 0 aromatic rings. The van der Waals surface area contributed by atoms with Crippen LogP contribution in [0.5, 0.6) is 0 Å². The maximum Gasteiger partial charge on any atom is 0.303 e. The third kappa shape index (κ3) is 8.99. The summed E-state index contributed by atoms with van der Waals surface area (Å²) in [6.45, 7) is 2.00. The molecule has 1 aliphatic carbocycles. The van der Waals surface area contributed by atoms with E-state index in [0.717, 1.165) is 12.8 Å². The second kappa shape index (κ2) is 13.6. The van der Waals surface area contributed by atoms with Crippen LogP contribution in [0.25, 0.3) is 0 Å². The van der Waals surface area contributed by atoms with Crippen molar-refractivity contribution in [1.29, 1.82) is 0 Å². The second-order valence-electron chi connectivity index (χ2n) is 7.60. The summed E-state index contributed by atoms with van der Waals surface area (Å²) in [4.78, 5) is 10.5. The van der Waals surface area contributed by atoms with Gasteiger partial charge in [-0.15, -0.1) is 0 Å². The van der Waals surface area contributed by atoms with E-state index in [1.807, 2.05) is 19.1 Å². The summed E-state index contributed by atoms with van der Waals surface area (Å²) in [6.07, 6.45) is 6.90. The van der Waals surface area contributed by atoms with E-state index in [9.17, 15) is 19.4 Å². The Morgan fingerprint density at radius 1 is 1.30 bits per heavy atom. The van der Waals surface area contributed by atoms with Crippen molar-refractivity contribution in [3.8, 4) is 0 Å². The smallest absolute Gasteiger partial charge is 0.303 e. The average molecular weight is 406 g/mol. The van der Waals surface area contributed by atoms with E-state index in [4.69, 9.17) is 9.63 Å². The summed E-state index contributed by atoms with van der Waals surface area (Å²) in [5.74, 6) is -0.722. The second-order valence-corrected chi connectivity index (χ2v) is 7.87. The van der Waals surface area contributed by atoms with Gasteiger partial charge in [-0.05, 0) is 50.4 Å². The number of aliphatic hydroxyl groups excluding tert-OH is 2. The number of halogens is 1. The fraction of sp³-hybridized carbons (Fsp3) is 0.850. The lowest BCUT2D eigenvalue weighted by Gasteiger charge is -2.25. The fourth-order valence-electron chi connectivity index (χ4n) is 3.91. The third-order valence-electron chi connectivity index (χ3n) is 5.55. The molecule has 0 bridgehead atoms. The standard InChI is InChI=1S/C20H36FO5P/c1-2-3-9-16(21)17(22)12-11-15-14(18(23)13-19(15)26-27)8-6-4-5-7-10-20(24)25/h4,6,14-19,22-23H,2-3,5,7-13,27H2,1H3,(H,24,25)/t14?,15-,16?,17?,18?,19?/m1/s1. The number of rotatable bonds is 14. The van der Waals surface area contributed by atoms with Crippen LogP contribution in [-0.2, 0) is 9.32 Å². The van der Waals surface area contributed by atoms with Crippen LogP contribution in [0.3, 0.4) is 0 Å². The predicted molar refractivity (Wildman–Crippen MR) is 107 cm³/mol. The summed E-state index contributed by atoms with van der Waals surface area (Å²) < 4.78 is 19.4. The van der Waals surface area contributed by atoms with Crippen molar-refractivity contribution in [2.75, 3.05) is 0 Å². The Morgan fingerprint density at radius 3 is 2.67 bits per heavy atom. The Morgan fingerprint density at radius 2 is 2.04 bits per heavy atom. The zero-order valence-electron chi connectivity index (χ0n) is 16.3.